The molecule has 2 aromatic heterocycles. The summed E-state index contributed by atoms with van der Waals surface area (Å²) in [6.07, 6.45) is -7.18. The van der Waals surface area contributed by atoms with Crippen LogP contribution in [0.5, 0.6) is 0 Å². The Morgan fingerprint density at radius 2 is 1.72 bits per heavy atom. The van der Waals surface area contributed by atoms with Crippen LogP contribution < -0.4 is 0 Å². The van der Waals surface area contributed by atoms with E-state index in [4.69, 9.17) is 11.6 Å². The van der Waals surface area contributed by atoms with Gasteiger partial charge in [-0.1, -0.05) is 6.07 Å². The molecule has 0 bridgehead atoms. The van der Waals surface area contributed by atoms with E-state index < -0.39 is 23.5 Å². The molecule has 0 radical (unpaired) electrons. The third kappa shape index (κ3) is 3.68. The van der Waals surface area contributed by atoms with Gasteiger partial charge >= 0.3 is 12.4 Å². The number of fused-ring (bicyclic) bond motifs is 1. The molecule has 0 aliphatic heterocycles. The number of alkyl halides is 6. The predicted octanol–water partition coefficient (Wildman–Crippen LogP) is 4.57. The molecule has 0 aliphatic carbocycles. The fourth-order valence-corrected chi connectivity index (χ4v) is 2.40. The number of aromatic nitrogens is 4. The lowest BCUT2D eigenvalue weighted by atomic mass is 10.0. The van der Waals surface area contributed by atoms with Crippen LogP contribution in [0.3, 0.4) is 0 Å². The summed E-state index contributed by atoms with van der Waals surface area (Å²) in [6.45, 7) is -0.388. The summed E-state index contributed by atoms with van der Waals surface area (Å²) in [5.41, 5.74) is -2.49. The normalized spacial score (nSPS) is 12.8. The van der Waals surface area contributed by atoms with Gasteiger partial charge in [-0.2, -0.15) is 31.4 Å². The summed E-state index contributed by atoms with van der Waals surface area (Å²) in [7, 11) is 0. The maximum Gasteiger partial charge on any atom is 0.416 e. The second-order valence-electron chi connectivity index (χ2n) is 5.10. The lowest BCUT2D eigenvalue weighted by molar-refractivity contribution is -0.143. The highest BCUT2D eigenvalue weighted by Gasteiger charge is 2.38. The summed E-state index contributed by atoms with van der Waals surface area (Å²) >= 11 is 5.62. The molecule has 11 heteroatoms. The topological polar surface area (TPSA) is 43.6 Å². The first-order valence-corrected chi connectivity index (χ1v) is 7.05. The molecule has 0 aliphatic rings. The van der Waals surface area contributed by atoms with Gasteiger partial charge in [0.05, 0.1) is 30.1 Å². The Labute approximate surface area is 141 Å². The van der Waals surface area contributed by atoms with Gasteiger partial charge in [0, 0.05) is 0 Å². The lowest BCUT2D eigenvalue weighted by Gasteiger charge is -2.16. The Morgan fingerprint density at radius 3 is 2.36 bits per heavy atom. The first kappa shape index (κ1) is 17.5. The average Bonchev–Trinajstić information content (AvgIpc) is 2.86. The standard InChI is InChI=1S/C14H7ClF6N4/c15-12-22-4-10-11(23-12)6-25(24-10)5-7-1-2-8(13(16,17)18)3-9(7)14(19,20)21/h1-4,6H,5H2. The highest BCUT2D eigenvalue weighted by molar-refractivity contribution is 6.28. The molecule has 0 saturated heterocycles. The molecule has 0 saturated carbocycles. The molecule has 0 spiro atoms. The van der Waals surface area contributed by atoms with Crippen LogP contribution in [-0.2, 0) is 18.9 Å². The van der Waals surface area contributed by atoms with Crippen LogP contribution >= 0.6 is 11.6 Å². The van der Waals surface area contributed by atoms with Crippen molar-refractivity contribution in [1.82, 2.24) is 19.7 Å². The van der Waals surface area contributed by atoms with E-state index in [9.17, 15) is 26.3 Å². The lowest BCUT2D eigenvalue weighted by Crippen LogP contribution is -2.15. The van der Waals surface area contributed by atoms with Crippen molar-refractivity contribution in [3.05, 3.63) is 52.6 Å². The summed E-state index contributed by atoms with van der Waals surface area (Å²) in [5, 5.41) is 3.93. The van der Waals surface area contributed by atoms with Gasteiger partial charge in [0.1, 0.15) is 11.0 Å². The Bertz CT molecular complexity index is 931. The van der Waals surface area contributed by atoms with Gasteiger partial charge < -0.3 is 0 Å². The average molecular weight is 381 g/mol. The second-order valence-corrected chi connectivity index (χ2v) is 5.44. The molecule has 3 aromatic rings. The predicted molar refractivity (Wildman–Crippen MR) is 75.9 cm³/mol. The molecule has 0 unspecified atom stereocenters. The van der Waals surface area contributed by atoms with Crippen molar-refractivity contribution in [1.29, 1.82) is 0 Å². The van der Waals surface area contributed by atoms with E-state index in [2.05, 4.69) is 15.1 Å². The molecule has 0 amide bonds. The van der Waals surface area contributed by atoms with Crippen molar-refractivity contribution in [2.24, 2.45) is 0 Å². The van der Waals surface area contributed by atoms with Crippen molar-refractivity contribution in [3.8, 4) is 0 Å². The molecule has 1 aromatic carbocycles. The van der Waals surface area contributed by atoms with Crippen LogP contribution in [-0.4, -0.2) is 19.7 Å². The molecule has 0 fully saturated rings. The van der Waals surface area contributed by atoms with Crippen LogP contribution in [0, 0.1) is 0 Å². The number of hydrogen-bond donors (Lipinski definition) is 0. The Kier molecular flexibility index (Phi) is 4.10. The van der Waals surface area contributed by atoms with Crippen molar-refractivity contribution in [2.75, 3.05) is 0 Å². The highest BCUT2D eigenvalue weighted by atomic mass is 35.5. The van der Waals surface area contributed by atoms with Crippen LogP contribution in [0.2, 0.25) is 5.28 Å². The van der Waals surface area contributed by atoms with E-state index in [1.54, 1.807) is 0 Å². The summed E-state index contributed by atoms with van der Waals surface area (Å²) in [5.74, 6) is 0. The van der Waals surface area contributed by atoms with Crippen LogP contribution in [0.4, 0.5) is 26.3 Å². The van der Waals surface area contributed by atoms with Crippen LogP contribution in [0.25, 0.3) is 11.0 Å². The Balaban J connectivity index is 2.03. The fourth-order valence-electron chi connectivity index (χ4n) is 2.26. The van der Waals surface area contributed by atoms with Crippen LogP contribution in [0.15, 0.2) is 30.6 Å². The number of hydrogen-bond acceptors (Lipinski definition) is 3. The van der Waals surface area contributed by atoms with Crippen molar-refractivity contribution in [2.45, 2.75) is 18.9 Å². The Hall–Kier alpha value is -2.36. The first-order valence-electron chi connectivity index (χ1n) is 6.67. The van der Waals surface area contributed by atoms with Gasteiger partial charge in [0.25, 0.3) is 0 Å². The molecule has 0 N–H and O–H groups in total. The smallest absolute Gasteiger partial charge is 0.265 e. The number of rotatable bonds is 2. The van der Waals surface area contributed by atoms with Gasteiger partial charge in [-0.05, 0) is 29.3 Å². The minimum atomic E-state index is -4.94. The van der Waals surface area contributed by atoms with Gasteiger partial charge in [0.15, 0.2) is 0 Å². The first-order chi connectivity index (χ1) is 11.5. The van der Waals surface area contributed by atoms with E-state index in [1.165, 1.54) is 12.4 Å². The molecule has 25 heavy (non-hydrogen) atoms. The molecule has 2 heterocycles. The highest BCUT2D eigenvalue weighted by Crippen LogP contribution is 2.37. The minimum Gasteiger partial charge on any atom is -0.265 e. The van der Waals surface area contributed by atoms with E-state index in [-0.39, 0.29) is 23.5 Å². The van der Waals surface area contributed by atoms with Gasteiger partial charge in [-0.25, -0.2) is 9.97 Å². The minimum absolute atomic E-state index is 0.0578. The molecule has 0 atom stereocenters. The molecule has 132 valence electrons. The quantitative estimate of drug-likeness (QED) is 0.483. The molecule has 3 rings (SSSR count). The zero-order chi connectivity index (χ0) is 18.4. The SMILES string of the molecule is FC(F)(F)c1ccc(Cn2cc3nc(Cl)ncc3n2)c(C(F)(F)F)c1. The molecular weight excluding hydrogens is 374 g/mol. The third-order valence-corrected chi connectivity index (χ3v) is 3.53. The zero-order valence-corrected chi connectivity index (χ0v) is 12.8. The number of benzene rings is 1. The largest absolute Gasteiger partial charge is 0.416 e. The maximum atomic E-state index is 13.1. The second kappa shape index (κ2) is 5.87. The van der Waals surface area contributed by atoms with Crippen LogP contribution in [0.1, 0.15) is 16.7 Å². The fraction of sp³-hybridized carbons (Fsp3) is 0.214. The van der Waals surface area contributed by atoms with E-state index >= 15 is 0 Å². The zero-order valence-electron chi connectivity index (χ0n) is 12.0. The van der Waals surface area contributed by atoms with Crippen molar-refractivity contribution < 1.29 is 26.3 Å². The Morgan fingerprint density at radius 1 is 1.00 bits per heavy atom. The van der Waals surface area contributed by atoms with Gasteiger partial charge in [-0.3, -0.25) is 4.68 Å². The maximum absolute atomic E-state index is 13.1. The molecular formula is C14H7ClF6N4. The van der Waals surface area contributed by atoms with Gasteiger partial charge in [-0.15, -0.1) is 0 Å². The monoisotopic (exact) mass is 380 g/mol. The van der Waals surface area contributed by atoms with E-state index in [0.717, 1.165) is 10.7 Å². The number of nitrogens with zero attached hydrogens (tertiary/aromatic N) is 4. The third-order valence-electron chi connectivity index (χ3n) is 3.35. The van der Waals surface area contributed by atoms with Crippen molar-refractivity contribution in [3.63, 3.8) is 0 Å². The van der Waals surface area contributed by atoms with E-state index in [0.29, 0.717) is 17.1 Å². The van der Waals surface area contributed by atoms with E-state index in [1.807, 2.05) is 0 Å². The molecule has 4 nitrogen and oxygen atoms in total. The van der Waals surface area contributed by atoms with Crippen molar-refractivity contribution >= 4 is 22.6 Å². The van der Waals surface area contributed by atoms with Gasteiger partial charge in [0.2, 0.25) is 5.28 Å². The number of halogens is 7. The summed E-state index contributed by atoms with van der Waals surface area (Å²) in [4.78, 5) is 7.55. The summed E-state index contributed by atoms with van der Waals surface area (Å²) < 4.78 is 78.6. The summed E-state index contributed by atoms with van der Waals surface area (Å²) in [6, 6.07) is 1.48.